The highest BCUT2D eigenvalue weighted by atomic mass is 79.9. The third-order valence-corrected chi connectivity index (χ3v) is 7.60. The van der Waals surface area contributed by atoms with E-state index in [0.29, 0.717) is 11.1 Å². The Morgan fingerprint density at radius 2 is 1.20 bits per heavy atom. The summed E-state index contributed by atoms with van der Waals surface area (Å²) >= 11 is 13.1. The zero-order valence-corrected chi connectivity index (χ0v) is 18.4. The van der Waals surface area contributed by atoms with Crippen LogP contribution >= 0.6 is 65.0 Å². The second kappa shape index (κ2) is 8.86. The molecule has 2 aromatic carbocycles. The molecule has 0 aromatic heterocycles. The van der Waals surface area contributed by atoms with Gasteiger partial charge in [-0.25, -0.2) is 0 Å². The van der Waals surface area contributed by atoms with Crippen LogP contribution in [0, 0.1) is 0 Å². The molecular formula is C17H11Br2ClO3S2. The Kier molecular flexibility index (Phi) is 7.34. The van der Waals surface area contributed by atoms with E-state index in [1.807, 2.05) is 0 Å². The molecule has 0 unspecified atom stereocenters. The van der Waals surface area contributed by atoms with Crippen molar-refractivity contribution >= 4 is 81.7 Å². The zero-order chi connectivity index (χ0) is 18.6. The number of halogens is 3. The van der Waals surface area contributed by atoms with Gasteiger partial charge in [0.15, 0.2) is 5.12 Å². The van der Waals surface area contributed by atoms with Gasteiger partial charge in [-0.15, -0.1) is 0 Å². The average molecular weight is 523 g/mol. The molecular weight excluding hydrogens is 512 g/mol. The fraction of sp³-hybridized carbons (Fsp3) is 0.118. The van der Waals surface area contributed by atoms with Gasteiger partial charge in [0.2, 0.25) is 15.8 Å². The van der Waals surface area contributed by atoms with Crippen LogP contribution in [0.2, 0.25) is 0 Å². The standard InChI is InChI=1S/C17H11Br2ClO3S2/c1-10(21)24-25-17(20,15(22)11-2-6-13(18)7-3-11)16(23)12-4-8-14(19)9-5-12/h2-9H,1H3. The van der Waals surface area contributed by atoms with E-state index < -0.39 is 15.8 Å². The maximum Gasteiger partial charge on any atom is 0.225 e. The van der Waals surface area contributed by atoms with Crippen LogP contribution in [0.4, 0.5) is 0 Å². The van der Waals surface area contributed by atoms with Gasteiger partial charge in [0.05, 0.1) is 0 Å². The summed E-state index contributed by atoms with van der Waals surface area (Å²) < 4.78 is -0.332. The van der Waals surface area contributed by atoms with Crippen molar-refractivity contribution in [3.63, 3.8) is 0 Å². The Labute approximate surface area is 174 Å². The summed E-state index contributed by atoms with van der Waals surface area (Å²) in [6, 6.07) is 13.1. The molecule has 0 N–H and O–H groups in total. The van der Waals surface area contributed by atoms with Gasteiger partial charge in [0.25, 0.3) is 0 Å². The summed E-state index contributed by atoms with van der Waals surface area (Å²) in [6.45, 7) is 1.35. The summed E-state index contributed by atoms with van der Waals surface area (Å²) in [4.78, 5) is 37.2. The molecule has 0 radical (unpaired) electrons. The van der Waals surface area contributed by atoms with Crippen molar-refractivity contribution in [2.24, 2.45) is 0 Å². The van der Waals surface area contributed by atoms with Crippen LogP contribution in [0.3, 0.4) is 0 Å². The number of Topliss-reactive ketones (excluding diaryl/α,β-unsaturated/α-hetero) is 2. The third-order valence-electron chi connectivity index (χ3n) is 3.07. The van der Waals surface area contributed by atoms with Crippen molar-refractivity contribution in [3.8, 4) is 0 Å². The molecule has 0 aliphatic carbocycles. The van der Waals surface area contributed by atoms with Crippen molar-refractivity contribution in [1.29, 1.82) is 0 Å². The Hall–Kier alpha value is -0.600. The van der Waals surface area contributed by atoms with Gasteiger partial charge in [-0.3, -0.25) is 14.4 Å². The van der Waals surface area contributed by atoms with E-state index in [1.165, 1.54) is 6.92 Å². The predicted octanol–water partition coefficient (Wildman–Crippen LogP) is 6.14. The van der Waals surface area contributed by atoms with Gasteiger partial charge in [0, 0.05) is 27.0 Å². The molecule has 8 heteroatoms. The molecule has 0 atom stereocenters. The lowest BCUT2D eigenvalue weighted by atomic mass is 10.0. The fourth-order valence-electron chi connectivity index (χ4n) is 1.87. The second-order valence-electron chi connectivity index (χ2n) is 4.93. The molecule has 0 amide bonds. The lowest BCUT2D eigenvalue weighted by Crippen LogP contribution is -2.37. The molecule has 0 fully saturated rings. The van der Waals surface area contributed by atoms with Crippen LogP contribution in [0.5, 0.6) is 0 Å². The quantitative estimate of drug-likeness (QED) is 0.197. The van der Waals surface area contributed by atoms with Crippen molar-refractivity contribution in [2.45, 2.75) is 11.1 Å². The number of carbonyl (C=O) groups excluding carboxylic acids is 3. The van der Waals surface area contributed by atoms with Gasteiger partial charge in [-0.2, -0.15) is 0 Å². The highest BCUT2D eigenvalue weighted by Crippen LogP contribution is 2.44. The summed E-state index contributed by atoms with van der Waals surface area (Å²) in [5, 5.41) is -0.248. The van der Waals surface area contributed by atoms with E-state index in [-0.39, 0.29) is 5.12 Å². The maximum absolute atomic E-state index is 12.9. The second-order valence-corrected chi connectivity index (χ2v) is 10.1. The smallest absolute Gasteiger partial charge is 0.225 e. The average Bonchev–Trinajstić information content (AvgIpc) is 2.59. The molecule has 0 spiro atoms. The minimum absolute atomic E-state index is 0.248. The Balaban J connectivity index is 2.43. The van der Waals surface area contributed by atoms with Gasteiger partial charge < -0.3 is 0 Å². The normalized spacial score (nSPS) is 11.2. The molecule has 0 aliphatic rings. The highest BCUT2D eigenvalue weighted by Gasteiger charge is 2.46. The lowest BCUT2D eigenvalue weighted by molar-refractivity contribution is -0.109. The first-order chi connectivity index (χ1) is 11.7. The van der Waals surface area contributed by atoms with E-state index in [4.69, 9.17) is 11.6 Å². The summed E-state index contributed by atoms with van der Waals surface area (Å²) in [5.74, 6) is -1.12. The van der Waals surface area contributed by atoms with Crippen molar-refractivity contribution in [2.75, 3.05) is 0 Å². The van der Waals surface area contributed by atoms with Gasteiger partial charge >= 0.3 is 0 Å². The van der Waals surface area contributed by atoms with E-state index in [9.17, 15) is 14.4 Å². The molecule has 3 nitrogen and oxygen atoms in total. The number of ketones is 2. The molecule has 0 saturated carbocycles. The first kappa shape index (κ1) is 20.7. The maximum atomic E-state index is 12.9. The first-order valence-electron chi connectivity index (χ1n) is 6.90. The fourth-order valence-corrected chi connectivity index (χ4v) is 4.67. The number of benzene rings is 2. The molecule has 0 saturated heterocycles. The molecule has 2 rings (SSSR count). The Bertz CT molecular complexity index is 750. The van der Waals surface area contributed by atoms with Crippen LogP contribution in [0.15, 0.2) is 57.5 Å². The number of hydrogen-bond acceptors (Lipinski definition) is 5. The largest absolute Gasteiger partial charge is 0.291 e. The lowest BCUT2D eigenvalue weighted by Gasteiger charge is -2.22. The van der Waals surface area contributed by atoms with E-state index in [0.717, 1.165) is 30.5 Å². The molecule has 0 heterocycles. The number of alkyl halides is 1. The number of rotatable bonds is 6. The van der Waals surface area contributed by atoms with Gasteiger partial charge in [-0.1, -0.05) is 67.7 Å². The van der Waals surface area contributed by atoms with Gasteiger partial charge in [-0.05, 0) is 45.9 Å². The van der Waals surface area contributed by atoms with Gasteiger partial charge in [0.1, 0.15) is 0 Å². The topological polar surface area (TPSA) is 51.2 Å². The predicted molar refractivity (Wildman–Crippen MR) is 111 cm³/mol. The highest BCUT2D eigenvalue weighted by molar-refractivity contribution is 9.10. The molecule has 2 aromatic rings. The first-order valence-corrected chi connectivity index (χ1v) is 11.0. The SMILES string of the molecule is CC(=O)SSC(Cl)(C(=O)c1ccc(Br)cc1)C(=O)c1ccc(Br)cc1. The summed E-state index contributed by atoms with van der Waals surface area (Å²) in [7, 11) is 1.53. The zero-order valence-electron chi connectivity index (χ0n) is 12.8. The van der Waals surface area contributed by atoms with Crippen molar-refractivity contribution < 1.29 is 14.4 Å². The Morgan fingerprint density at radius 1 is 0.840 bits per heavy atom. The van der Waals surface area contributed by atoms with Crippen LogP contribution in [-0.4, -0.2) is 20.9 Å². The number of hydrogen-bond donors (Lipinski definition) is 0. The van der Waals surface area contributed by atoms with Crippen LogP contribution in [-0.2, 0) is 4.79 Å². The Morgan fingerprint density at radius 3 is 1.52 bits per heavy atom. The molecule has 0 aliphatic heterocycles. The minimum atomic E-state index is -1.93. The van der Waals surface area contributed by atoms with Crippen LogP contribution in [0.25, 0.3) is 0 Å². The minimum Gasteiger partial charge on any atom is -0.291 e. The van der Waals surface area contributed by atoms with E-state index >= 15 is 0 Å². The third kappa shape index (κ3) is 5.20. The molecule has 0 bridgehead atoms. The van der Waals surface area contributed by atoms with E-state index in [2.05, 4.69) is 31.9 Å². The van der Waals surface area contributed by atoms with Crippen molar-refractivity contribution in [3.05, 3.63) is 68.6 Å². The van der Waals surface area contributed by atoms with E-state index in [1.54, 1.807) is 48.5 Å². The van der Waals surface area contributed by atoms with Crippen LogP contribution in [0.1, 0.15) is 27.6 Å². The summed E-state index contributed by atoms with van der Waals surface area (Å²) in [6.07, 6.45) is 0. The summed E-state index contributed by atoms with van der Waals surface area (Å²) in [5.41, 5.74) is 0.584. The monoisotopic (exact) mass is 520 g/mol. The molecule has 25 heavy (non-hydrogen) atoms. The van der Waals surface area contributed by atoms with Crippen molar-refractivity contribution in [1.82, 2.24) is 0 Å². The molecule has 130 valence electrons. The van der Waals surface area contributed by atoms with Crippen LogP contribution < -0.4 is 0 Å². The number of carbonyl (C=O) groups is 3.